The van der Waals surface area contributed by atoms with Crippen molar-refractivity contribution in [3.8, 4) is 0 Å². The van der Waals surface area contributed by atoms with Crippen molar-refractivity contribution in [2.45, 2.75) is 18.8 Å². The van der Waals surface area contributed by atoms with Crippen molar-refractivity contribution in [2.24, 2.45) is 5.73 Å². The highest BCUT2D eigenvalue weighted by molar-refractivity contribution is 5.47. The molecule has 1 aliphatic rings. The van der Waals surface area contributed by atoms with Gasteiger partial charge >= 0.3 is 6.18 Å². The van der Waals surface area contributed by atoms with Crippen molar-refractivity contribution in [1.29, 1.82) is 0 Å². The van der Waals surface area contributed by atoms with Gasteiger partial charge in [-0.15, -0.1) is 0 Å². The number of alkyl halides is 3. The molecule has 0 amide bonds. The van der Waals surface area contributed by atoms with E-state index in [2.05, 4.69) is 4.98 Å². The zero-order chi connectivity index (χ0) is 13.2. The van der Waals surface area contributed by atoms with Crippen LogP contribution in [0.1, 0.15) is 5.56 Å². The first kappa shape index (κ1) is 13.1. The van der Waals surface area contributed by atoms with Gasteiger partial charge < -0.3 is 15.4 Å². The average Bonchev–Trinajstić information content (AvgIpc) is 2.38. The second kappa shape index (κ2) is 5.11. The lowest BCUT2D eigenvalue weighted by molar-refractivity contribution is -0.221. The summed E-state index contributed by atoms with van der Waals surface area (Å²) in [5, 5.41) is 0. The molecule has 0 radical (unpaired) electrons. The Hall–Kier alpha value is -1.34. The zero-order valence-corrected chi connectivity index (χ0v) is 9.65. The van der Waals surface area contributed by atoms with E-state index in [9.17, 15) is 13.2 Å². The number of nitrogens with zero attached hydrogens (tertiary/aromatic N) is 2. The molecule has 1 saturated heterocycles. The summed E-state index contributed by atoms with van der Waals surface area (Å²) < 4.78 is 42.6. The predicted octanol–water partition coefficient (Wildman–Crippen LogP) is 1.31. The number of hydrogen-bond acceptors (Lipinski definition) is 4. The molecule has 1 unspecified atom stereocenters. The summed E-state index contributed by atoms with van der Waals surface area (Å²) in [6.45, 7) is 0.423. The second-order valence-electron chi connectivity index (χ2n) is 4.04. The van der Waals surface area contributed by atoms with E-state index < -0.39 is 12.3 Å². The van der Waals surface area contributed by atoms with Crippen LogP contribution in [0, 0.1) is 0 Å². The fourth-order valence-corrected chi connectivity index (χ4v) is 1.91. The van der Waals surface area contributed by atoms with Gasteiger partial charge in [-0.25, -0.2) is 4.98 Å². The standard InChI is InChI=1S/C11H14F3N3O/c12-11(13,14)9-7-17(4-5-18-9)10-8(6-15)2-1-3-16-10/h1-3,9H,4-7,15H2. The van der Waals surface area contributed by atoms with E-state index >= 15 is 0 Å². The quantitative estimate of drug-likeness (QED) is 0.872. The number of rotatable bonds is 2. The molecule has 7 heteroatoms. The third kappa shape index (κ3) is 2.73. The van der Waals surface area contributed by atoms with Gasteiger partial charge in [0.05, 0.1) is 13.2 Å². The van der Waals surface area contributed by atoms with Gasteiger partial charge in [0, 0.05) is 24.8 Å². The van der Waals surface area contributed by atoms with Gasteiger partial charge in [-0.2, -0.15) is 13.2 Å². The normalized spacial score (nSPS) is 21.1. The number of anilines is 1. The maximum atomic E-state index is 12.6. The van der Waals surface area contributed by atoms with Gasteiger partial charge in [0.25, 0.3) is 0 Å². The maximum absolute atomic E-state index is 12.6. The predicted molar refractivity (Wildman–Crippen MR) is 60.1 cm³/mol. The summed E-state index contributed by atoms with van der Waals surface area (Å²) in [5.41, 5.74) is 6.29. The lowest BCUT2D eigenvalue weighted by Crippen LogP contribution is -2.49. The van der Waals surface area contributed by atoms with Crippen LogP contribution in [0.2, 0.25) is 0 Å². The third-order valence-electron chi connectivity index (χ3n) is 2.82. The fraction of sp³-hybridized carbons (Fsp3) is 0.545. The van der Waals surface area contributed by atoms with E-state index in [-0.39, 0.29) is 19.7 Å². The molecule has 1 aromatic heterocycles. The molecule has 0 saturated carbocycles. The maximum Gasteiger partial charge on any atom is 0.416 e. The number of halogens is 3. The highest BCUT2D eigenvalue weighted by Crippen LogP contribution is 2.28. The van der Waals surface area contributed by atoms with E-state index in [1.807, 2.05) is 0 Å². The molecule has 4 nitrogen and oxygen atoms in total. The van der Waals surface area contributed by atoms with Gasteiger partial charge in [-0.3, -0.25) is 0 Å². The smallest absolute Gasteiger partial charge is 0.365 e. The zero-order valence-electron chi connectivity index (χ0n) is 9.65. The minimum atomic E-state index is -4.35. The molecule has 0 aromatic carbocycles. The fourth-order valence-electron chi connectivity index (χ4n) is 1.91. The number of hydrogen-bond donors (Lipinski definition) is 1. The van der Waals surface area contributed by atoms with Crippen molar-refractivity contribution in [3.05, 3.63) is 23.9 Å². The minimum absolute atomic E-state index is 0.0325. The van der Waals surface area contributed by atoms with Crippen LogP contribution in [0.5, 0.6) is 0 Å². The molecular formula is C11H14F3N3O. The third-order valence-corrected chi connectivity index (χ3v) is 2.82. The second-order valence-corrected chi connectivity index (χ2v) is 4.04. The van der Waals surface area contributed by atoms with Crippen LogP contribution in [-0.4, -0.2) is 37.0 Å². The molecule has 1 aromatic rings. The molecule has 1 fully saturated rings. The topological polar surface area (TPSA) is 51.4 Å². The van der Waals surface area contributed by atoms with Crippen LogP contribution >= 0.6 is 0 Å². The van der Waals surface area contributed by atoms with E-state index in [0.717, 1.165) is 5.56 Å². The Bertz CT molecular complexity index is 411. The van der Waals surface area contributed by atoms with Crippen molar-refractivity contribution < 1.29 is 17.9 Å². The summed E-state index contributed by atoms with van der Waals surface area (Å²) in [5.74, 6) is 0.512. The molecule has 100 valence electrons. The number of nitrogens with two attached hydrogens (primary N) is 1. The molecule has 2 heterocycles. The Balaban J connectivity index is 2.18. The summed E-state index contributed by atoms with van der Waals surface area (Å²) in [7, 11) is 0. The highest BCUT2D eigenvalue weighted by Gasteiger charge is 2.43. The van der Waals surface area contributed by atoms with Crippen molar-refractivity contribution >= 4 is 5.82 Å². The van der Waals surface area contributed by atoms with Gasteiger partial charge in [-0.05, 0) is 6.07 Å². The van der Waals surface area contributed by atoms with Gasteiger partial charge in [-0.1, -0.05) is 6.07 Å². The molecule has 1 atom stereocenters. The van der Waals surface area contributed by atoms with E-state index in [0.29, 0.717) is 12.4 Å². The van der Waals surface area contributed by atoms with E-state index in [1.54, 1.807) is 23.2 Å². The average molecular weight is 261 g/mol. The number of pyridine rings is 1. The largest absolute Gasteiger partial charge is 0.416 e. The SMILES string of the molecule is NCc1cccnc1N1CCOC(C(F)(F)F)C1. The first-order valence-corrected chi connectivity index (χ1v) is 5.59. The molecular weight excluding hydrogens is 247 g/mol. The lowest BCUT2D eigenvalue weighted by atomic mass is 10.2. The molecule has 0 spiro atoms. The number of ether oxygens (including phenoxy) is 1. The van der Waals surface area contributed by atoms with Crippen molar-refractivity contribution in [2.75, 3.05) is 24.6 Å². The Morgan fingerprint density at radius 2 is 2.28 bits per heavy atom. The van der Waals surface area contributed by atoms with E-state index in [4.69, 9.17) is 10.5 Å². The van der Waals surface area contributed by atoms with Gasteiger partial charge in [0.1, 0.15) is 5.82 Å². The molecule has 2 N–H and O–H groups in total. The van der Waals surface area contributed by atoms with Crippen molar-refractivity contribution in [3.63, 3.8) is 0 Å². The Kier molecular flexibility index (Phi) is 3.72. The van der Waals surface area contributed by atoms with Gasteiger partial charge in [0.2, 0.25) is 0 Å². The molecule has 0 bridgehead atoms. The highest BCUT2D eigenvalue weighted by atomic mass is 19.4. The number of morpholine rings is 1. The van der Waals surface area contributed by atoms with Crippen molar-refractivity contribution in [1.82, 2.24) is 4.98 Å². The van der Waals surface area contributed by atoms with E-state index in [1.165, 1.54) is 0 Å². The first-order chi connectivity index (χ1) is 8.52. The molecule has 18 heavy (non-hydrogen) atoms. The summed E-state index contributed by atoms with van der Waals surface area (Å²) >= 11 is 0. The summed E-state index contributed by atoms with van der Waals surface area (Å²) in [4.78, 5) is 5.69. The van der Waals surface area contributed by atoms with Crippen LogP contribution < -0.4 is 10.6 Å². The van der Waals surface area contributed by atoms with Crippen LogP contribution in [0.4, 0.5) is 19.0 Å². The Morgan fingerprint density at radius 3 is 2.94 bits per heavy atom. The summed E-state index contributed by atoms with van der Waals surface area (Å²) in [6.07, 6.45) is -4.57. The van der Waals surface area contributed by atoms with Crippen LogP contribution in [0.15, 0.2) is 18.3 Å². The molecule has 1 aliphatic heterocycles. The van der Waals surface area contributed by atoms with Crippen LogP contribution in [0.25, 0.3) is 0 Å². The number of aromatic nitrogens is 1. The first-order valence-electron chi connectivity index (χ1n) is 5.59. The lowest BCUT2D eigenvalue weighted by Gasteiger charge is -2.35. The van der Waals surface area contributed by atoms with Crippen LogP contribution in [0.3, 0.4) is 0 Å². The van der Waals surface area contributed by atoms with Crippen LogP contribution in [-0.2, 0) is 11.3 Å². The molecule has 2 rings (SSSR count). The summed E-state index contributed by atoms with van der Waals surface area (Å²) in [6, 6.07) is 3.48. The minimum Gasteiger partial charge on any atom is -0.365 e. The Labute approximate surface area is 103 Å². The Morgan fingerprint density at radius 1 is 1.50 bits per heavy atom. The van der Waals surface area contributed by atoms with Gasteiger partial charge in [0.15, 0.2) is 6.10 Å². The monoisotopic (exact) mass is 261 g/mol. The molecule has 0 aliphatic carbocycles.